The lowest BCUT2D eigenvalue weighted by molar-refractivity contribution is -0.166. The van der Waals surface area contributed by atoms with Crippen LogP contribution in [0, 0.1) is 0 Å². The Morgan fingerprint density at radius 1 is 0.301 bits per heavy atom. The highest BCUT2D eigenvalue weighted by molar-refractivity contribution is 5.72. The van der Waals surface area contributed by atoms with Gasteiger partial charge >= 0.3 is 17.9 Å². The van der Waals surface area contributed by atoms with E-state index in [1.54, 1.807) is 6.08 Å². The minimum atomic E-state index is -0.843. The summed E-state index contributed by atoms with van der Waals surface area (Å²) in [5, 5.41) is 0. The molecule has 0 aromatic rings. The zero-order valence-electron chi connectivity index (χ0n) is 47.1. The van der Waals surface area contributed by atoms with Crippen LogP contribution in [0.2, 0.25) is 0 Å². The van der Waals surface area contributed by atoms with Crippen LogP contribution in [0.3, 0.4) is 0 Å². The van der Waals surface area contributed by atoms with Gasteiger partial charge < -0.3 is 14.2 Å². The molecule has 0 N–H and O–H groups in total. The highest BCUT2D eigenvalue weighted by Crippen LogP contribution is 2.14. The van der Waals surface area contributed by atoms with Gasteiger partial charge in [0.15, 0.2) is 6.10 Å². The van der Waals surface area contributed by atoms with Crippen LogP contribution >= 0.6 is 0 Å². The van der Waals surface area contributed by atoms with Gasteiger partial charge in [-0.3, -0.25) is 14.4 Å². The lowest BCUT2D eigenvalue weighted by Gasteiger charge is -2.18. The summed E-state index contributed by atoms with van der Waals surface area (Å²) in [7, 11) is 0. The normalized spacial score (nSPS) is 13.1. The van der Waals surface area contributed by atoms with Gasteiger partial charge in [-0.25, -0.2) is 0 Å². The van der Waals surface area contributed by atoms with Gasteiger partial charge in [-0.05, 0) is 116 Å². The fourth-order valence-electron chi connectivity index (χ4n) is 7.77. The number of esters is 3. The molecule has 0 spiro atoms. The number of carbonyl (C=O) groups is 3. The van der Waals surface area contributed by atoms with Crippen LogP contribution in [-0.4, -0.2) is 37.2 Å². The summed E-state index contributed by atoms with van der Waals surface area (Å²) in [6, 6.07) is 0. The standard InChI is InChI=1S/C67H108O6/c1-4-7-10-13-16-19-22-25-28-29-30-31-32-33-34-35-36-37-40-42-45-48-51-54-57-60-66(69)72-63-64(73-67(70)61-58-55-52-49-46-43-39-27-24-21-18-15-12-9-6-3)62-71-65(68)59-56-53-50-47-44-41-38-26-23-20-17-14-11-8-5-2/h7,9-10,12,16,18-19,21,25-28,30-31,33-34,38-39,46,49,55,58,64H,4-6,8,11,13-15,17,20,22-24,29,32,35-37,40-45,47-48,50-54,56-57,59-63H2,1-3H3/b10-7-,12-9-,19-16-,21-18-,28-25-,31-30-,34-33-,38-26-,39-27-,49-46-,58-55-. The largest absolute Gasteiger partial charge is 0.462 e. The number of allylic oxidation sites excluding steroid dienone is 21. The van der Waals surface area contributed by atoms with Crippen LogP contribution in [-0.2, 0) is 28.6 Å². The third kappa shape index (κ3) is 58.3. The molecule has 412 valence electrons. The molecule has 0 saturated heterocycles. The van der Waals surface area contributed by atoms with Crippen LogP contribution in [0.5, 0.6) is 0 Å². The lowest BCUT2D eigenvalue weighted by atomic mass is 10.1. The third-order valence-corrected chi connectivity index (χ3v) is 12.2. The average Bonchev–Trinajstić information content (AvgIpc) is 3.39. The minimum Gasteiger partial charge on any atom is -0.462 e. The van der Waals surface area contributed by atoms with Crippen molar-refractivity contribution in [3.05, 3.63) is 134 Å². The summed E-state index contributed by atoms with van der Waals surface area (Å²) in [6.45, 7) is 6.31. The molecule has 0 heterocycles. The van der Waals surface area contributed by atoms with Crippen molar-refractivity contribution in [3.8, 4) is 0 Å². The van der Waals surface area contributed by atoms with Crippen molar-refractivity contribution in [2.24, 2.45) is 0 Å². The number of hydrogen-bond donors (Lipinski definition) is 0. The summed E-state index contributed by atoms with van der Waals surface area (Å²) in [5.74, 6) is -1.07. The minimum absolute atomic E-state index is 0.0892. The van der Waals surface area contributed by atoms with E-state index in [9.17, 15) is 14.4 Å². The van der Waals surface area contributed by atoms with Crippen molar-refractivity contribution in [1.29, 1.82) is 0 Å². The summed E-state index contributed by atoms with van der Waals surface area (Å²) < 4.78 is 16.8. The van der Waals surface area contributed by atoms with Gasteiger partial charge in [0, 0.05) is 12.8 Å². The van der Waals surface area contributed by atoms with E-state index >= 15 is 0 Å². The first-order chi connectivity index (χ1) is 36.0. The predicted octanol–water partition coefficient (Wildman–Crippen LogP) is 20.2. The quantitative estimate of drug-likeness (QED) is 0.0261. The van der Waals surface area contributed by atoms with E-state index < -0.39 is 12.1 Å². The number of rotatable bonds is 52. The Hall–Kier alpha value is -4.45. The molecule has 73 heavy (non-hydrogen) atoms. The van der Waals surface area contributed by atoms with Gasteiger partial charge in [-0.15, -0.1) is 0 Å². The Balaban J connectivity index is 4.45. The molecule has 1 unspecified atom stereocenters. The highest BCUT2D eigenvalue weighted by atomic mass is 16.6. The lowest BCUT2D eigenvalue weighted by Crippen LogP contribution is -2.30. The topological polar surface area (TPSA) is 78.9 Å². The Labute approximate surface area is 449 Å². The molecule has 0 aromatic heterocycles. The molecule has 6 heteroatoms. The van der Waals surface area contributed by atoms with Crippen LogP contribution in [0.4, 0.5) is 0 Å². The number of unbranched alkanes of at least 4 members (excludes halogenated alkanes) is 20. The Kier molecular flexibility index (Phi) is 56.4. The molecule has 0 bridgehead atoms. The second kappa shape index (κ2) is 60.1. The maximum atomic E-state index is 12.8. The number of carbonyl (C=O) groups excluding carboxylic acids is 3. The Morgan fingerprint density at radius 2 is 0.575 bits per heavy atom. The average molecular weight is 1010 g/mol. The van der Waals surface area contributed by atoms with Crippen molar-refractivity contribution in [1.82, 2.24) is 0 Å². The van der Waals surface area contributed by atoms with Gasteiger partial charge in [-0.1, -0.05) is 251 Å². The summed E-state index contributed by atoms with van der Waals surface area (Å²) in [5.41, 5.74) is 0. The van der Waals surface area contributed by atoms with Gasteiger partial charge in [0.05, 0.1) is 6.42 Å². The highest BCUT2D eigenvalue weighted by Gasteiger charge is 2.19. The summed E-state index contributed by atoms with van der Waals surface area (Å²) in [6.07, 6.45) is 84.7. The van der Waals surface area contributed by atoms with Crippen molar-refractivity contribution in [2.45, 2.75) is 258 Å². The first kappa shape index (κ1) is 68.6. The molecule has 0 aliphatic carbocycles. The van der Waals surface area contributed by atoms with Gasteiger partial charge in [-0.2, -0.15) is 0 Å². The molecule has 0 saturated carbocycles. The van der Waals surface area contributed by atoms with E-state index in [1.165, 1.54) is 89.9 Å². The van der Waals surface area contributed by atoms with Gasteiger partial charge in [0.25, 0.3) is 0 Å². The first-order valence-corrected chi connectivity index (χ1v) is 29.7. The Bertz CT molecular complexity index is 1580. The van der Waals surface area contributed by atoms with E-state index in [2.05, 4.69) is 142 Å². The maximum absolute atomic E-state index is 12.8. The second-order valence-corrected chi connectivity index (χ2v) is 19.2. The molecule has 0 amide bonds. The van der Waals surface area contributed by atoms with Crippen molar-refractivity contribution in [2.75, 3.05) is 13.2 Å². The van der Waals surface area contributed by atoms with Crippen LogP contribution in [0.25, 0.3) is 0 Å². The third-order valence-electron chi connectivity index (χ3n) is 12.2. The zero-order chi connectivity index (χ0) is 52.9. The zero-order valence-corrected chi connectivity index (χ0v) is 47.1. The van der Waals surface area contributed by atoms with Crippen LogP contribution < -0.4 is 0 Å². The molecule has 0 radical (unpaired) electrons. The van der Waals surface area contributed by atoms with E-state index in [0.29, 0.717) is 19.3 Å². The molecular weight excluding hydrogens is 901 g/mol. The molecule has 0 fully saturated rings. The monoisotopic (exact) mass is 1010 g/mol. The summed E-state index contributed by atoms with van der Waals surface area (Å²) in [4.78, 5) is 38.1. The van der Waals surface area contributed by atoms with Crippen LogP contribution in [0.1, 0.15) is 252 Å². The SMILES string of the molecule is CC/C=C\C/C=C\C/C=C\C/C=C\C/C=C\CCCCCCCCCCCC(=O)OCC(COC(=O)CCCCCCC/C=C\CCCCCCCC)OC(=O)C/C=C\C/C=C\C/C=C\C/C=C\C/C=C\CC. The molecule has 0 rings (SSSR count). The second-order valence-electron chi connectivity index (χ2n) is 19.2. The van der Waals surface area contributed by atoms with Crippen molar-refractivity contribution < 1.29 is 28.6 Å². The summed E-state index contributed by atoms with van der Waals surface area (Å²) >= 11 is 0. The van der Waals surface area contributed by atoms with E-state index in [0.717, 1.165) is 116 Å². The fraction of sp³-hybridized carbons (Fsp3) is 0.627. The van der Waals surface area contributed by atoms with E-state index in [-0.39, 0.29) is 31.6 Å². The number of ether oxygens (including phenoxy) is 3. The molecule has 0 aliphatic rings. The molecule has 0 aliphatic heterocycles. The molecule has 0 aromatic carbocycles. The van der Waals surface area contributed by atoms with Crippen LogP contribution in [0.15, 0.2) is 134 Å². The van der Waals surface area contributed by atoms with Gasteiger partial charge in [0.2, 0.25) is 0 Å². The molecule has 6 nitrogen and oxygen atoms in total. The van der Waals surface area contributed by atoms with Crippen molar-refractivity contribution in [3.63, 3.8) is 0 Å². The maximum Gasteiger partial charge on any atom is 0.310 e. The fourth-order valence-corrected chi connectivity index (χ4v) is 7.77. The van der Waals surface area contributed by atoms with Crippen molar-refractivity contribution >= 4 is 17.9 Å². The van der Waals surface area contributed by atoms with E-state index in [4.69, 9.17) is 14.2 Å². The van der Waals surface area contributed by atoms with E-state index in [1.807, 2.05) is 6.08 Å². The molecule has 1 atom stereocenters. The molecular formula is C67H108O6. The smallest absolute Gasteiger partial charge is 0.310 e. The Morgan fingerprint density at radius 3 is 0.918 bits per heavy atom. The predicted molar refractivity (Wildman–Crippen MR) is 316 cm³/mol. The first-order valence-electron chi connectivity index (χ1n) is 29.7. The number of hydrogen-bond acceptors (Lipinski definition) is 6. The van der Waals surface area contributed by atoms with Gasteiger partial charge in [0.1, 0.15) is 13.2 Å².